The van der Waals surface area contributed by atoms with E-state index < -0.39 is 0 Å². The normalized spacial score (nSPS) is 21.0. The zero-order chi connectivity index (χ0) is 16.8. The van der Waals surface area contributed by atoms with Crippen LogP contribution in [0.1, 0.15) is 31.2 Å². The number of rotatable bonds is 6. The quantitative estimate of drug-likeness (QED) is 0.853. The fraction of sp³-hybridized carbons (Fsp3) is 0.474. The Morgan fingerprint density at radius 1 is 1.21 bits per heavy atom. The van der Waals surface area contributed by atoms with Gasteiger partial charge in [0.25, 0.3) is 0 Å². The second-order valence-electron chi connectivity index (χ2n) is 6.80. The van der Waals surface area contributed by atoms with Gasteiger partial charge < -0.3 is 15.7 Å². The van der Waals surface area contributed by atoms with Gasteiger partial charge in [0, 0.05) is 24.7 Å². The maximum absolute atomic E-state index is 10.1. The Labute approximate surface area is 143 Å². The van der Waals surface area contributed by atoms with Crippen LogP contribution in [0.2, 0.25) is 0 Å². The summed E-state index contributed by atoms with van der Waals surface area (Å²) in [6.45, 7) is 2.00. The Kier molecular flexibility index (Phi) is 5.30. The molecule has 0 amide bonds. The Bertz CT molecular complexity index is 649. The predicted octanol–water partition coefficient (Wildman–Crippen LogP) is 2.66. The summed E-state index contributed by atoms with van der Waals surface area (Å²) in [6.07, 6.45) is 7.00. The van der Waals surface area contributed by atoms with Gasteiger partial charge in [0.2, 0.25) is 5.95 Å². The van der Waals surface area contributed by atoms with Crippen molar-refractivity contribution in [3.05, 3.63) is 48.2 Å². The van der Waals surface area contributed by atoms with Crippen LogP contribution in [0, 0.1) is 5.41 Å². The lowest BCUT2D eigenvalue weighted by molar-refractivity contribution is 0.0939. The van der Waals surface area contributed by atoms with Crippen molar-refractivity contribution in [3.63, 3.8) is 0 Å². The summed E-state index contributed by atoms with van der Waals surface area (Å²) in [4.78, 5) is 10.5. The molecule has 0 aliphatic carbocycles. The average molecular weight is 326 g/mol. The molecular weight excluding hydrogens is 300 g/mol. The summed E-state index contributed by atoms with van der Waals surface area (Å²) in [5.41, 5.74) is 7.03. The first-order valence-corrected chi connectivity index (χ1v) is 8.69. The van der Waals surface area contributed by atoms with E-state index in [4.69, 9.17) is 5.73 Å². The molecule has 1 aliphatic rings. The number of hydrogen-bond donors (Lipinski definition) is 2. The van der Waals surface area contributed by atoms with E-state index in [0.717, 1.165) is 51.0 Å². The van der Waals surface area contributed by atoms with E-state index in [0.29, 0.717) is 5.95 Å². The summed E-state index contributed by atoms with van der Waals surface area (Å²) >= 11 is 0. The lowest BCUT2D eigenvalue weighted by Crippen LogP contribution is -2.46. The van der Waals surface area contributed by atoms with Crippen LogP contribution in [0.15, 0.2) is 42.6 Å². The van der Waals surface area contributed by atoms with Gasteiger partial charge in [-0.2, -0.15) is 4.98 Å². The number of nitrogen functional groups attached to an aromatic ring is 1. The van der Waals surface area contributed by atoms with E-state index >= 15 is 0 Å². The molecule has 1 aromatic carbocycles. The van der Waals surface area contributed by atoms with Crippen molar-refractivity contribution in [3.8, 4) is 0 Å². The predicted molar refractivity (Wildman–Crippen MR) is 96.8 cm³/mol. The first kappa shape index (κ1) is 16.7. The van der Waals surface area contributed by atoms with Crippen LogP contribution in [0.4, 0.5) is 11.8 Å². The molecule has 1 atom stereocenters. The molecule has 2 aromatic rings. The minimum Gasteiger partial charge on any atom is -0.396 e. The summed E-state index contributed by atoms with van der Waals surface area (Å²) < 4.78 is 0. The number of aryl methyl sites for hydroxylation is 1. The van der Waals surface area contributed by atoms with E-state index in [2.05, 4.69) is 39.1 Å². The maximum Gasteiger partial charge on any atom is 0.221 e. The van der Waals surface area contributed by atoms with Crippen molar-refractivity contribution < 1.29 is 5.11 Å². The first-order chi connectivity index (χ1) is 11.7. The van der Waals surface area contributed by atoms with E-state index in [-0.39, 0.29) is 12.0 Å². The van der Waals surface area contributed by atoms with Crippen molar-refractivity contribution in [1.82, 2.24) is 9.97 Å². The Morgan fingerprint density at radius 3 is 2.79 bits per heavy atom. The Hall–Kier alpha value is -2.14. The van der Waals surface area contributed by atoms with Crippen LogP contribution in [-0.4, -0.2) is 34.8 Å². The zero-order valence-corrected chi connectivity index (χ0v) is 14.1. The summed E-state index contributed by atoms with van der Waals surface area (Å²) in [6, 6.07) is 12.4. The highest BCUT2D eigenvalue weighted by molar-refractivity contribution is 5.41. The number of nitrogens with two attached hydrogens (primary N) is 1. The molecule has 1 fully saturated rings. The summed E-state index contributed by atoms with van der Waals surface area (Å²) in [5.74, 6) is 1.17. The van der Waals surface area contributed by atoms with E-state index in [1.807, 2.05) is 12.1 Å². The molecule has 1 saturated heterocycles. The molecular formula is C19H26N4O. The topological polar surface area (TPSA) is 75.3 Å². The van der Waals surface area contributed by atoms with Crippen molar-refractivity contribution in [2.45, 2.75) is 32.1 Å². The zero-order valence-electron chi connectivity index (χ0n) is 14.1. The van der Waals surface area contributed by atoms with E-state index in [1.165, 1.54) is 5.56 Å². The number of benzene rings is 1. The van der Waals surface area contributed by atoms with Gasteiger partial charge >= 0.3 is 0 Å². The van der Waals surface area contributed by atoms with Crippen LogP contribution in [0.25, 0.3) is 0 Å². The van der Waals surface area contributed by atoms with Crippen LogP contribution in [0.3, 0.4) is 0 Å². The maximum atomic E-state index is 10.1. The van der Waals surface area contributed by atoms with Crippen LogP contribution >= 0.6 is 0 Å². The molecule has 5 nitrogen and oxygen atoms in total. The number of aliphatic hydroxyl groups is 1. The SMILES string of the molecule is Nc1nccc(N2CCCC(CO)(CCCc3ccccc3)C2)n1. The molecule has 1 aliphatic heterocycles. The molecule has 0 saturated carbocycles. The second-order valence-corrected chi connectivity index (χ2v) is 6.80. The van der Waals surface area contributed by atoms with Crippen LogP contribution in [0.5, 0.6) is 0 Å². The van der Waals surface area contributed by atoms with E-state index in [1.54, 1.807) is 6.20 Å². The van der Waals surface area contributed by atoms with Crippen molar-refractivity contribution >= 4 is 11.8 Å². The van der Waals surface area contributed by atoms with Gasteiger partial charge in [-0.3, -0.25) is 0 Å². The highest BCUT2D eigenvalue weighted by atomic mass is 16.3. The van der Waals surface area contributed by atoms with Gasteiger partial charge in [0.1, 0.15) is 5.82 Å². The third kappa shape index (κ3) is 4.03. The largest absolute Gasteiger partial charge is 0.396 e. The molecule has 128 valence electrons. The lowest BCUT2D eigenvalue weighted by Gasteiger charge is -2.42. The fourth-order valence-corrected chi connectivity index (χ4v) is 3.67. The Morgan fingerprint density at radius 2 is 2.04 bits per heavy atom. The van der Waals surface area contributed by atoms with Gasteiger partial charge in [-0.1, -0.05) is 30.3 Å². The third-order valence-electron chi connectivity index (χ3n) is 5.00. The molecule has 3 rings (SSSR count). The number of nitrogens with zero attached hydrogens (tertiary/aromatic N) is 3. The van der Waals surface area contributed by atoms with Gasteiger partial charge in [0.05, 0.1) is 6.61 Å². The number of hydrogen-bond acceptors (Lipinski definition) is 5. The van der Waals surface area contributed by atoms with Gasteiger partial charge in [0.15, 0.2) is 0 Å². The minimum atomic E-state index is -0.0489. The van der Waals surface area contributed by atoms with Crippen LogP contribution < -0.4 is 10.6 Å². The summed E-state index contributed by atoms with van der Waals surface area (Å²) in [7, 11) is 0. The average Bonchev–Trinajstić information content (AvgIpc) is 2.63. The molecule has 1 aromatic heterocycles. The number of aromatic nitrogens is 2. The third-order valence-corrected chi connectivity index (χ3v) is 5.00. The van der Waals surface area contributed by atoms with Crippen molar-refractivity contribution in [1.29, 1.82) is 0 Å². The van der Waals surface area contributed by atoms with Gasteiger partial charge in [-0.15, -0.1) is 0 Å². The molecule has 0 radical (unpaired) electrons. The van der Waals surface area contributed by atoms with Crippen molar-refractivity contribution in [2.75, 3.05) is 30.3 Å². The molecule has 0 bridgehead atoms. The van der Waals surface area contributed by atoms with Crippen LogP contribution in [-0.2, 0) is 6.42 Å². The fourth-order valence-electron chi connectivity index (χ4n) is 3.67. The first-order valence-electron chi connectivity index (χ1n) is 8.69. The Balaban J connectivity index is 1.63. The molecule has 2 heterocycles. The highest BCUT2D eigenvalue weighted by Gasteiger charge is 2.35. The highest BCUT2D eigenvalue weighted by Crippen LogP contribution is 2.36. The smallest absolute Gasteiger partial charge is 0.221 e. The standard InChI is InChI=1S/C19H26N4O/c20-18-21-12-9-17(22-18)23-13-5-11-19(14-23,15-24)10-4-8-16-6-2-1-3-7-16/h1-3,6-7,9,12,24H,4-5,8,10-11,13-15H2,(H2,20,21,22). The van der Waals surface area contributed by atoms with Crippen molar-refractivity contribution in [2.24, 2.45) is 5.41 Å². The van der Waals surface area contributed by atoms with Gasteiger partial charge in [-0.25, -0.2) is 4.98 Å². The summed E-state index contributed by atoms with van der Waals surface area (Å²) in [5, 5.41) is 10.1. The number of aliphatic hydroxyl groups excluding tert-OH is 1. The van der Waals surface area contributed by atoms with E-state index in [9.17, 15) is 5.11 Å². The number of piperidine rings is 1. The molecule has 1 unspecified atom stereocenters. The molecule has 24 heavy (non-hydrogen) atoms. The molecule has 3 N–H and O–H groups in total. The second kappa shape index (κ2) is 7.62. The number of anilines is 2. The molecule has 0 spiro atoms. The monoisotopic (exact) mass is 326 g/mol. The minimum absolute atomic E-state index is 0.0489. The molecule has 5 heteroatoms. The lowest BCUT2D eigenvalue weighted by atomic mass is 9.76. The van der Waals surface area contributed by atoms with Gasteiger partial charge in [-0.05, 0) is 43.7 Å².